The van der Waals surface area contributed by atoms with E-state index in [9.17, 15) is 5.11 Å². The minimum atomic E-state index is -0.462. The van der Waals surface area contributed by atoms with Gasteiger partial charge in [0.15, 0.2) is 0 Å². The molecule has 1 aliphatic rings. The molecule has 1 saturated carbocycles. The smallest absolute Gasteiger partial charge is 0.0690 e. The lowest BCUT2D eigenvalue weighted by Crippen LogP contribution is -2.37. The van der Waals surface area contributed by atoms with Crippen LogP contribution >= 0.6 is 0 Å². The Morgan fingerprint density at radius 1 is 1.35 bits per heavy atom. The molecule has 94 valence electrons. The van der Waals surface area contributed by atoms with Gasteiger partial charge in [0.05, 0.1) is 5.60 Å². The van der Waals surface area contributed by atoms with Gasteiger partial charge in [0.2, 0.25) is 0 Å². The van der Waals surface area contributed by atoms with Crippen LogP contribution < -0.4 is 0 Å². The Balaban J connectivity index is 2.16. The maximum absolute atomic E-state index is 10.7. The fourth-order valence-electron chi connectivity index (χ4n) is 3.14. The van der Waals surface area contributed by atoms with Crippen LogP contribution in [0.2, 0.25) is 0 Å². The van der Waals surface area contributed by atoms with Crippen LogP contribution in [0.3, 0.4) is 0 Å². The number of benzene rings is 1. The molecule has 0 aromatic heterocycles. The van der Waals surface area contributed by atoms with Crippen LogP contribution in [0.5, 0.6) is 0 Å². The molecule has 0 aliphatic heterocycles. The summed E-state index contributed by atoms with van der Waals surface area (Å²) in [6.07, 6.45) is 5.19. The van der Waals surface area contributed by atoms with Crippen LogP contribution in [-0.2, 0) is 6.42 Å². The number of hydrogen-bond donors (Lipinski definition) is 1. The van der Waals surface area contributed by atoms with Crippen molar-refractivity contribution in [2.24, 2.45) is 5.92 Å². The van der Waals surface area contributed by atoms with E-state index in [2.05, 4.69) is 39.0 Å². The minimum Gasteiger partial charge on any atom is -0.390 e. The highest BCUT2D eigenvalue weighted by atomic mass is 16.3. The van der Waals surface area contributed by atoms with Crippen molar-refractivity contribution in [2.45, 2.75) is 58.5 Å². The number of hydrogen-bond acceptors (Lipinski definition) is 1. The molecule has 2 unspecified atom stereocenters. The standard InChI is InChI=1S/C16H24O/c1-12-6-7-14(3)15(9-12)11-16(17)8-4-5-13(2)10-16/h6-7,9,13,17H,4-5,8,10-11H2,1-3H3. The molecule has 0 bridgehead atoms. The summed E-state index contributed by atoms with van der Waals surface area (Å²) >= 11 is 0. The van der Waals surface area contributed by atoms with Gasteiger partial charge in [-0.3, -0.25) is 0 Å². The second-order valence-electron chi connectivity index (χ2n) is 6.03. The van der Waals surface area contributed by atoms with Crippen molar-refractivity contribution >= 4 is 0 Å². The third-order valence-corrected chi connectivity index (χ3v) is 4.09. The molecule has 0 spiro atoms. The summed E-state index contributed by atoms with van der Waals surface area (Å²) in [7, 11) is 0. The Kier molecular flexibility index (Phi) is 3.58. The third-order valence-electron chi connectivity index (χ3n) is 4.09. The molecule has 0 saturated heterocycles. The minimum absolute atomic E-state index is 0.462. The Morgan fingerprint density at radius 2 is 2.12 bits per heavy atom. The molecular formula is C16H24O. The quantitative estimate of drug-likeness (QED) is 0.822. The van der Waals surface area contributed by atoms with Gasteiger partial charge in [-0.05, 0) is 43.7 Å². The fourth-order valence-corrected chi connectivity index (χ4v) is 3.14. The largest absolute Gasteiger partial charge is 0.390 e. The van der Waals surface area contributed by atoms with Crippen LogP contribution in [0.4, 0.5) is 0 Å². The van der Waals surface area contributed by atoms with Gasteiger partial charge in [-0.2, -0.15) is 0 Å². The zero-order chi connectivity index (χ0) is 12.5. The summed E-state index contributed by atoms with van der Waals surface area (Å²) in [6, 6.07) is 6.54. The highest BCUT2D eigenvalue weighted by Gasteiger charge is 2.32. The predicted octanol–water partition coefficient (Wildman–Crippen LogP) is 3.79. The van der Waals surface area contributed by atoms with Crippen LogP contribution in [0.1, 0.15) is 49.3 Å². The summed E-state index contributed by atoms with van der Waals surface area (Å²) in [6.45, 7) is 6.52. The zero-order valence-electron chi connectivity index (χ0n) is 11.3. The Hall–Kier alpha value is -0.820. The van der Waals surface area contributed by atoms with Gasteiger partial charge in [-0.25, -0.2) is 0 Å². The zero-order valence-corrected chi connectivity index (χ0v) is 11.3. The first-order chi connectivity index (χ1) is 7.98. The van der Waals surface area contributed by atoms with Crippen LogP contribution in [0.15, 0.2) is 18.2 Å². The SMILES string of the molecule is Cc1ccc(C)c(CC2(O)CCCC(C)C2)c1. The maximum Gasteiger partial charge on any atom is 0.0690 e. The van der Waals surface area contributed by atoms with Gasteiger partial charge in [0.25, 0.3) is 0 Å². The molecular weight excluding hydrogens is 208 g/mol. The Bertz CT molecular complexity index is 397. The van der Waals surface area contributed by atoms with Gasteiger partial charge < -0.3 is 5.11 Å². The van der Waals surface area contributed by atoms with E-state index in [1.54, 1.807) is 0 Å². The van der Waals surface area contributed by atoms with Crippen LogP contribution in [-0.4, -0.2) is 10.7 Å². The van der Waals surface area contributed by atoms with Gasteiger partial charge in [-0.15, -0.1) is 0 Å². The van der Waals surface area contributed by atoms with E-state index in [1.807, 2.05) is 0 Å². The van der Waals surface area contributed by atoms with E-state index < -0.39 is 5.60 Å². The molecule has 0 amide bonds. The Morgan fingerprint density at radius 3 is 2.82 bits per heavy atom. The van der Waals surface area contributed by atoms with E-state index in [0.29, 0.717) is 5.92 Å². The lowest BCUT2D eigenvalue weighted by Gasteiger charge is -2.36. The number of rotatable bonds is 2. The van der Waals surface area contributed by atoms with Gasteiger partial charge >= 0.3 is 0 Å². The average Bonchev–Trinajstić information content (AvgIpc) is 2.22. The summed E-state index contributed by atoms with van der Waals surface area (Å²) in [5, 5.41) is 10.7. The molecule has 1 heteroatoms. The second-order valence-corrected chi connectivity index (χ2v) is 6.03. The molecule has 0 radical (unpaired) electrons. The van der Waals surface area contributed by atoms with E-state index >= 15 is 0 Å². The number of aryl methyl sites for hydroxylation is 2. The van der Waals surface area contributed by atoms with Crippen molar-refractivity contribution in [3.8, 4) is 0 Å². The molecule has 2 rings (SSSR count). The van der Waals surface area contributed by atoms with Gasteiger partial charge in [-0.1, -0.05) is 43.5 Å². The summed E-state index contributed by atoms with van der Waals surface area (Å²) < 4.78 is 0. The molecule has 1 aromatic carbocycles. The normalized spacial score (nSPS) is 29.3. The second kappa shape index (κ2) is 4.81. The molecule has 1 aliphatic carbocycles. The summed E-state index contributed by atoms with van der Waals surface area (Å²) in [5.74, 6) is 0.666. The topological polar surface area (TPSA) is 20.2 Å². The summed E-state index contributed by atoms with van der Waals surface area (Å²) in [5.41, 5.74) is 3.46. The first kappa shape index (κ1) is 12.6. The first-order valence-corrected chi connectivity index (χ1v) is 6.77. The van der Waals surface area contributed by atoms with Crippen molar-refractivity contribution < 1.29 is 5.11 Å². The fraction of sp³-hybridized carbons (Fsp3) is 0.625. The van der Waals surface area contributed by atoms with Crippen molar-refractivity contribution in [1.29, 1.82) is 0 Å². The van der Waals surface area contributed by atoms with Crippen LogP contribution in [0, 0.1) is 19.8 Å². The molecule has 1 aromatic rings. The highest BCUT2D eigenvalue weighted by Crippen LogP contribution is 2.35. The van der Waals surface area contributed by atoms with Crippen molar-refractivity contribution in [1.82, 2.24) is 0 Å². The molecule has 0 heterocycles. The van der Waals surface area contributed by atoms with E-state index in [1.165, 1.54) is 29.5 Å². The lowest BCUT2D eigenvalue weighted by molar-refractivity contribution is -0.0125. The number of aliphatic hydroxyl groups is 1. The average molecular weight is 232 g/mol. The first-order valence-electron chi connectivity index (χ1n) is 6.77. The summed E-state index contributed by atoms with van der Waals surface area (Å²) in [4.78, 5) is 0. The monoisotopic (exact) mass is 232 g/mol. The Labute approximate surface area is 105 Å². The lowest BCUT2D eigenvalue weighted by atomic mass is 9.75. The van der Waals surface area contributed by atoms with Crippen molar-refractivity contribution in [3.05, 3.63) is 34.9 Å². The molecule has 1 fully saturated rings. The van der Waals surface area contributed by atoms with Crippen molar-refractivity contribution in [2.75, 3.05) is 0 Å². The molecule has 1 nitrogen and oxygen atoms in total. The highest BCUT2D eigenvalue weighted by molar-refractivity contribution is 5.31. The van der Waals surface area contributed by atoms with E-state index in [0.717, 1.165) is 19.3 Å². The van der Waals surface area contributed by atoms with Gasteiger partial charge in [0, 0.05) is 6.42 Å². The van der Waals surface area contributed by atoms with Gasteiger partial charge in [0.1, 0.15) is 0 Å². The predicted molar refractivity (Wildman–Crippen MR) is 72.2 cm³/mol. The third kappa shape index (κ3) is 3.10. The molecule has 1 N–H and O–H groups in total. The maximum atomic E-state index is 10.7. The van der Waals surface area contributed by atoms with Crippen LogP contribution in [0.25, 0.3) is 0 Å². The molecule has 2 atom stereocenters. The van der Waals surface area contributed by atoms with E-state index in [-0.39, 0.29) is 0 Å². The van der Waals surface area contributed by atoms with E-state index in [4.69, 9.17) is 0 Å². The molecule has 17 heavy (non-hydrogen) atoms. The van der Waals surface area contributed by atoms with Crippen molar-refractivity contribution in [3.63, 3.8) is 0 Å².